The van der Waals surface area contributed by atoms with E-state index in [1.807, 2.05) is 63.2 Å². The SMILES string of the molecule is CC[C@@H](Oc1cc(C)ccc1C)C(=O)N(C)Cc1ccc(Cl)cc1. The monoisotopic (exact) mass is 345 g/mol. The van der Waals surface area contributed by atoms with Gasteiger partial charge in [-0.15, -0.1) is 0 Å². The van der Waals surface area contributed by atoms with Gasteiger partial charge in [-0.05, 0) is 55.2 Å². The first-order chi connectivity index (χ1) is 11.4. The number of hydrogen-bond donors (Lipinski definition) is 0. The van der Waals surface area contributed by atoms with Crippen molar-refractivity contribution in [3.63, 3.8) is 0 Å². The predicted molar refractivity (Wildman–Crippen MR) is 98.5 cm³/mol. The van der Waals surface area contributed by atoms with E-state index in [9.17, 15) is 4.79 Å². The summed E-state index contributed by atoms with van der Waals surface area (Å²) in [4.78, 5) is 14.4. The fourth-order valence-electron chi connectivity index (χ4n) is 2.48. The van der Waals surface area contributed by atoms with Gasteiger partial charge in [-0.3, -0.25) is 4.79 Å². The van der Waals surface area contributed by atoms with Crippen molar-refractivity contribution in [2.24, 2.45) is 0 Å². The Hall–Kier alpha value is -2.00. The van der Waals surface area contributed by atoms with E-state index in [4.69, 9.17) is 16.3 Å². The van der Waals surface area contributed by atoms with Crippen LogP contribution >= 0.6 is 11.6 Å². The van der Waals surface area contributed by atoms with Gasteiger partial charge in [0, 0.05) is 18.6 Å². The number of likely N-dealkylation sites (N-methyl/N-ethyl adjacent to an activating group) is 1. The summed E-state index contributed by atoms with van der Waals surface area (Å²) in [5, 5.41) is 0.692. The first-order valence-electron chi connectivity index (χ1n) is 8.14. The average molecular weight is 346 g/mol. The quantitative estimate of drug-likeness (QED) is 0.754. The molecule has 2 aromatic rings. The van der Waals surface area contributed by atoms with E-state index in [1.165, 1.54) is 0 Å². The maximum Gasteiger partial charge on any atom is 0.263 e. The number of benzene rings is 2. The molecule has 1 atom stereocenters. The van der Waals surface area contributed by atoms with Gasteiger partial charge in [0.2, 0.25) is 0 Å². The van der Waals surface area contributed by atoms with Crippen molar-refractivity contribution in [1.29, 1.82) is 0 Å². The van der Waals surface area contributed by atoms with E-state index >= 15 is 0 Å². The molecule has 0 unspecified atom stereocenters. The van der Waals surface area contributed by atoms with Gasteiger partial charge >= 0.3 is 0 Å². The fraction of sp³-hybridized carbons (Fsp3) is 0.350. The summed E-state index contributed by atoms with van der Waals surface area (Å²) in [7, 11) is 1.80. The number of ether oxygens (including phenoxy) is 1. The summed E-state index contributed by atoms with van der Waals surface area (Å²) in [5.74, 6) is 0.753. The third-order valence-corrected chi connectivity index (χ3v) is 4.22. The second-order valence-electron chi connectivity index (χ2n) is 6.10. The van der Waals surface area contributed by atoms with Gasteiger partial charge in [-0.1, -0.05) is 42.8 Å². The highest BCUT2D eigenvalue weighted by Crippen LogP contribution is 2.22. The standard InChI is InChI=1S/C20H24ClNO2/c1-5-18(24-19-12-14(2)6-7-15(19)3)20(23)22(4)13-16-8-10-17(21)11-9-16/h6-12,18H,5,13H2,1-4H3/t18-/m1/s1. The number of aryl methyl sites for hydroxylation is 2. The highest BCUT2D eigenvalue weighted by Gasteiger charge is 2.23. The number of hydrogen-bond acceptors (Lipinski definition) is 2. The Labute approximate surface area is 149 Å². The molecule has 1 amide bonds. The largest absolute Gasteiger partial charge is 0.480 e. The van der Waals surface area contributed by atoms with Gasteiger partial charge in [-0.2, -0.15) is 0 Å². The molecule has 0 N–H and O–H groups in total. The van der Waals surface area contributed by atoms with Crippen molar-refractivity contribution in [3.05, 3.63) is 64.2 Å². The van der Waals surface area contributed by atoms with Crippen LogP contribution in [0.3, 0.4) is 0 Å². The number of carbonyl (C=O) groups is 1. The van der Waals surface area contributed by atoms with Gasteiger partial charge in [0.25, 0.3) is 5.91 Å². The molecular formula is C20H24ClNO2. The van der Waals surface area contributed by atoms with Crippen LogP contribution in [0.5, 0.6) is 5.75 Å². The Kier molecular flexibility index (Phi) is 6.27. The summed E-state index contributed by atoms with van der Waals surface area (Å²) in [6.45, 7) is 6.50. The van der Waals surface area contributed by atoms with Gasteiger partial charge in [0.05, 0.1) is 0 Å². The van der Waals surface area contributed by atoms with E-state index < -0.39 is 6.10 Å². The van der Waals surface area contributed by atoms with Crippen LogP contribution in [-0.4, -0.2) is 24.0 Å². The Morgan fingerprint density at radius 2 is 1.83 bits per heavy atom. The van der Waals surface area contributed by atoms with Crippen molar-refractivity contribution >= 4 is 17.5 Å². The number of rotatable bonds is 6. The number of nitrogens with zero attached hydrogens (tertiary/aromatic N) is 1. The number of halogens is 1. The normalized spacial score (nSPS) is 11.9. The summed E-state index contributed by atoms with van der Waals surface area (Å²) in [6, 6.07) is 13.6. The van der Waals surface area contributed by atoms with Gasteiger partial charge in [-0.25, -0.2) is 0 Å². The lowest BCUT2D eigenvalue weighted by atomic mass is 10.1. The van der Waals surface area contributed by atoms with Crippen molar-refractivity contribution in [3.8, 4) is 5.75 Å². The molecule has 0 aliphatic carbocycles. The lowest BCUT2D eigenvalue weighted by Crippen LogP contribution is -2.39. The van der Waals surface area contributed by atoms with E-state index in [-0.39, 0.29) is 5.91 Å². The molecule has 128 valence electrons. The molecule has 4 heteroatoms. The van der Waals surface area contributed by atoms with Crippen LogP contribution in [0.1, 0.15) is 30.0 Å². The van der Waals surface area contributed by atoms with Crippen molar-refractivity contribution < 1.29 is 9.53 Å². The minimum atomic E-state index is -0.484. The third-order valence-electron chi connectivity index (χ3n) is 3.97. The molecule has 0 saturated heterocycles. The van der Waals surface area contributed by atoms with Gasteiger partial charge < -0.3 is 9.64 Å². The van der Waals surface area contributed by atoms with Crippen LogP contribution in [0.25, 0.3) is 0 Å². The maximum atomic E-state index is 12.7. The zero-order chi connectivity index (χ0) is 17.7. The molecule has 0 heterocycles. The molecule has 0 aromatic heterocycles. The van der Waals surface area contributed by atoms with Crippen molar-refractivity contribution in [1.82, 2.24) is 4.90 Å². The van der Waals surface area contributed by atoms with Crippen LogP contribution in [0.2, 0.25) is 5.02 Å². The Morgan fingerprint density at radius 3 is 2.46 bits per heavy atom. The zero-order valence-electron chi connectivity index (χ0n) is 14.7. The van der Waals surface area contributed by atoms with Crippen LogP contribution in [-0.2, 0) is 11.3 Å². The summed E-state index contributed by atoms with van der Waals surface area (Å²) < 4.78 is 6.00. The van der Waals surface area contributed by atoms with E-state index in [0.717, 1.165) is 22.4 Å². The number of carbonyl (C=O) groups excluding carboxylic acids is 1. The fourth-order valence-corrected chi connectivity index (χ4v) is 2.61. The van der Waals surface area contributed by atoms with E-state index in [2.05, 4.69) is 0 Å². The molecule has 0 spiro atoms. The Bertz CT molecular complexity index is 697. The zero-order valence-corrected chi connectivity index (χ0v) is 15.4. The Morgan fingerprint density at radius 1 is 1.17 bits per heavy atom. The molecule has 3 nitrogen and oxygen atoms in total. The lowest BCUT2D eigenvalue weighted by molar-refractivity contribution is -0.138. The molecule has 0 bridgehead atoms. The van der Waals surface area contributed by atoms with E-state index in [1.54, 1.807) is 11.9 Å². The van der Waals surface area contributed by atoms with Crippen LogP contribution in [0.15, 0.2) is 42.5 Å². The van der Waals surface area contributed by atoms with Crippen molar-refractivity contribution in [2.45, 2.75) is 39.8 Å². The molecule has 2 aromatic carbocycles. The predicted octanol–water partition coefficient (Wildman–Crippen LogP) is 4.77. The lowest BCUT2D eigenvalue weighted by Gasteiger charge is -2.24. The Balaban J connectivity index is 2.07. The summed E-state index contributed by atoms with van der Waals surface area (Å²) in [5.41, 5.74) is 3.19. The summed E-state index contributed by atoms with van der Waals surface area (Å²) in [6.07, 6.45) is 0.139. The first-order valence-corrected chi connectivity index (χ1v) is 8.51. The third kappa shape index (κ3) is 4.75. The smallest absolute Gasteiger partial charge is 0.263 e. The van der Waals surface area contributed by atoms with Crippen LogP contribution in [0, 0.1) is 13.8 Å². The van der Waals surface area contributed by atoms with Crippen molar-refractivity contribution in [2.75, 3.05) is 7.05 Å². The highest BCUT2D eigenvalue weighted by atomic mass is 35.5. The van der Waals surface area contributed by atoms with Crippen LogP contribution < -0.4 is 4.74 Å². The molecule has 0 radical (unpaired) electrons. The van der Waals surface area contributed by atoms with Crippen LogP contribution in [0.4, 0.5) is 0 Å². The van der Waals surface area contributed by atoms with Gasteiger partial charge in [0.1, 0.15) is 5.75 Å². The second kappa shape index (κ2) is 8.20. The maximum absolute atomic E-state index is 12.7. The molecule has 0 aliphatic rings. The van der Waals surface area contributed by atoms with Gasteiger partial charge in [0.15, 0.2) is 6.10 Å². The summed E-state index contributed by atoms with van der Waals surface area (Å²) >= 11 is 5.90. The molecule has 0 saturated carbocycles. The topological polar surface area (TPSA) is 29.5 Å². The molecule has 24 heavy (non-hydrogen) atoms. The highest BCUT2D eigenvalue weighted by molar-refractivity contribution is 6.30. The second-order valence-corrected chi connectivity index (χ2v) is 6.54. The minimum Gasteiger partial charge on any atom is -0.480 e. The number of amides is 1. The molecule has 0 fully saturated rings. The molecule has 0 aliphatic heterocycles. The first kappa shape index (κ1) is 18.3. The minimum absolute atomic E-state index is 0.0200. The average Bonchev–Trinajstić information content (AvgIpc) is 2.57. The molecule has 2 rings (SSSR count). The molecular weight excluding hydrogens is 322 g/mol. The van der Waals surface area contributed by atoms with E-state index in [0.29, 0.717) is 18.0 Å².